The normalized spacial score (nSPS) is 19.4. The van der Waals surface area contributed by atoms with Gasteiger partial charge in [0, 0.05) is 24.7 Å². The van der Waals surface area contributed by atoms with E-state index in [0.29, 0.717) is 36.8 Å². The van der Waals surface area contributed by atoms with E-state index in [2.05, 4.69) is 10.6 Å². The molecule has 1 fully saturated rings. The Bertz CT molecular complexity index is 902. The molecule has 0 bridgehead atoms. The quantitative estimate of drug-likeness (QED) is 0.540. The second-order valence-electron chi connectivity index (χ2n) is 8.49. The molecule has 1 aromatic carbocycles. The summed E-state index contributed by atoms with van der Waals surface area (Å²) in [7, 11) is 0. The van der Waals surface area contributed by atoms with Crippen molar-refractivity contribution in [2.45, 2.75) is 45.7 Å². The average molecular weight is 447 g/mol. The van der Waals surface area contributed by atoms with Gasteiger partial charge < -0.3 is 30.1 Å². The summed E-state index contributed by atoms with van der Waals surface area (Å²) in [6.07, 6.45) is 0.359. The number of carboxylic acids is 1. The fourth-order valence-corrected chi connectivity index (χ4v) is 3.70. The number of benzene rings is 1. The van der Waals surface area contributed by atoms with Gasteiger partial charge in [-0.25, -0.2) is 0 Å². The van der Waals surface area contributed by atoms with Crippen molar-refractivity contribution in [3.63, 3.8) is 0 Å². The zero-order valence-electron chi connectivity index (χ0n) is 18.4. The van der Waals surface area contributed by atoms with E-state index in [0.717, 1.165) is 0 Å². The summed E-state index contributed by atoms with van der Waals surface area (Å²) >= 11 is 0. The maximum atomic E-state index is 12.9. The Labute approximate surface area is 186 Å². The van der Waals surface area contributed by atoms with Crippen LogP contribution < -0.4 is 25.0 Å². The highest BCUT2D eigenvalue weighted by Gasteiger charge is 2.37. The molecule has 3 atom stereocenters. The Balaban J connectivity index is 1.66. The number of fused-ring (bicyclic) bond motifs is 1. The number of hydrogen-bond acceptors (Lipinski definition) is 6. The first-order valence-corrected chi connectivity index (χ1v) is 10.7. The van der Waals surface area contributed by atoms with Crippen LogP contribution in [-0.4, -0.2) is 60.6 Å². The lowest BCUT2D eigenvalue weighted by Gasteiger charge is -2.23. The fraction of sp³-hybridized carbons (Fsp3) is 0.545. The summed E-state index contributed by atoms with van der Waals surface area (Å²) in [5.41, 5.74) is 0.612. The number of nitrogens with one attached hydrogen (secondary N) is 2. The number of carbonyl (C=O) groups excluding carboxylic acids is 3. The van der Waals surface area contributed by atoms with E-state index in [4.69, 9.17) is 14.6 Å². The molecule has 1 aromatic rings. The van der Waals surface area contributed by atoms with Crippen LogP contribution in [0.4, 0.5) is 5.69 Å². The minimum Gasteiger partial charge on any atom is -0.486 e. The van der Waals surface area contributed by atoms with Crippen molar-refractivity contribution in [2.75, 3.05) is 24.7 Å². The van der Waals surface area contributed by atoms with Gasteiger partial charge in [-0.15, -0.1) is 0 Å². The highest BCUT2D eigenvalue weighted by atomic mass is 16.6. The predicted molar refractivity (Wildman–Crippen MR) is 115 cm³/mol. The summed E-state index contributed by atoms with van der Waals surface area (Å²) in [6.45, 7) is 6.22. The third-order valence-electron chi connectivity index (χ3n) is 5.40. The number of carbonyl (C=O) groups is 4. The second-order valence-corrected chi connectivity index (χ2v) is 8.49. The standard InChI is InChI=1S/C22H29N3O7/c1-12(2)8-16(21(28)23-13(3)22(29)30)24-20(27)14-9-19(26)25(11-14)15-4-5-17-18(10-15)32-7-6-31-17/h4-5,10,12-14,16H,6-9,11H2,1-3H3,(H,23,28)(H,24,27)(H,29,30)/t13-,14?,16-/m0/s1. The number of carboxylic acid groups (broad SMARTS) is 1. The van der Waals surface area contributed by atoms with E-state index in [-0.39, 0.29) is 24.8 Å². The van der Waals surface area contributed by atoms with E-state index >= 15 is 0 Å². The van der Waals surface area contributed by atoms with E-state index < -0.39 is 35.8 Å². The average Bonchev–Trinajstić information content (AvgIpc) is 3.14. The van der Waals surface area contributed by atoms with Crippen molar-refractivity contribution in [3.8, 4) is 11.5 Å². The van der Waals surface area contributed by atoms with Crippen LogP contribution in [0.15, 0.2) is 18.2 Å². The number of rotatable bonds is 8. The molecular weight excluding hydrogens is 418 g/mol. The molecule has 0 spiro atoms. The van der Waals surface area contributed by atoms with Crippen LogP contribution in [0.1, 0.15) is 33.6 Å². The number of nitrogens with zero attached hydrogens (tertiary/aromatic N) is 1. The monoisotopic (exact) mass is 447 g/mol. The number of aliphatic carboxylic acids is 1. The lowest BCUT2D eigenvalue weighted by molar-refractivity contribution is -0.141. The molecule has 3 amide bonds. The lowest BCUT2D eigenvalue weighted by atomic mass is 10.0. The van der Waals surface area contributed by atoms with Crippen LogP contribution in [0, 0.1) is 11.8 Å². The van der Waals surface area contributed by atoms with Crippen LogP contribution in [0.25, 0.3) is 0 Å². The van der Waals surface area contributed by atoms with Crippen molar-refractivity contribution in [3.05, 3.63) is 18.2 Å². The smallest absolute Gasteiger partial charge is 0.325 e. The van der Waals surface area contributed by atoms with Crippen LogP contribution in [0.2, 0.25) is 0 Å². The van der Waals surface area contributed by atoms with Gasteiger partial charge in [-0.1, -0.05) is 13.8 Å². The molecule has 32 heavy (non-hydrogen) atoms. The third-order valence-corrected chi connectivity index (χ3v) is 5.40. The Morgan fingerprint density at radius 1 is 1.12 bits per heavy atom. The first kappa shape index (κ1) is 23.4. The van der Waals surface area contributed by atoms with Crippen LogP contribution in [0.5, 0.6) is 11.5 Å². The minimum atomic E-state index is -1.16. The highest BCUT2D eigenvalue weighted by molar-refractivity contribution is 6.01. The van der Waals surface area contributed by atoms with Crippen LogP contribution >= 0.6 is 0 Å². The maximum absolute atomic E-state index is 12.9. The number of hydrogen-bond donors (Lipinski definition) is 3. The van der Waals surface area contributed by atoms with E-state index in [9.17, 15) is 19.2 Å². The first-order chi connectivity index (χ1) is 15.2. The molecule has 10 heteroatoms. The zero-order chi connectivity index (χ0) is 23.4. The fourth-order valence-electron chi connectivity index (χ4n) is 3.70. The topological polar surface area (TPSA) is 134 Å². The third kappa shape index (κ3) is 5.49. The minimum absolute atomic E-state index is 0.0157. The van der Waals surface area contributed by atoms with Crippen molar-refractivity contribution in [1.29, 1.82) is 0 Å². The van der Waals surface area contributed by atoms with Crippen molar-refractivity contribution in [2.24, 2.45) is 11.8 Å². The van der Waals surface area contributed by atoms with Gasteiger partial charge in [-0.3, -0.25) is 19.2 Å². The number of amides is 3. The Hall–Kier alpha value is -3.30. The Kier molecular flexibility index (Phi) is 7.22. The van der Waals surface area contributed by atoms with Gasteiger partial charge in [0.05, 0.1) is 5.92 Å². The summed E-state index contributed by atoms with van der Waals surface area (Å²) < 4.78 is 11.1. The van der Waals surface area contributed by atoms with Gasteiger partial charge in [-0.05, 0) is 31.4 Å². The van der Waals surface area contributed by atoms with Crippen molar-refractivity contribution >= 4 is 29.4 Å². The molecule has 2 heterocycles. The van der Waals surface area contributed by atoms with Gasteiger partial charge in [0.25, 0.3) is 0 Å². The lowest BCUT2D eigenvalue weighted by Crippen LogP contribution is -2.52. The number of ether oxygens (including phenoxy) is 2. The molecule has 0 saturated carbocycles. The van der Waals surface area contributed by atoms with Crippen molar-refractivity contribution < 1.29 is 33.8 Å². The van der Waals surface area contributed by atoms with E-state index in [1.54, 1.807) is 18.2 Å². The number of anilines is 1. The molecule has 3 N–H and O–H groups in total. The van der Waals surface area contributed by atoms with Gasteiger partial charge >= 0.3 is 5.97 Å². The summed E-state index contributed by atoms with van der Waals surface area (Å²) in [4.78, 5) is 50.6. The first-order valence-electron chi connectivity index (χ1n) is 10.7. The van der Waals surface area contributed by atoms with Crippen LogP contribution in [0.3, 0.4) is 0 Å². The Morgan fingerprint density at radius 2 is 1.81 bits per heavy atom. The zero-order valence-corrected chi connectivity index (χ0v) is 18.4. The molecular formula is C22H29N3O7. The second kappa shape index (κ2) is 9.88. The SMILES string of the molecule is CC(C)C[C@H](NC(=O)C1CC(=O)N(c2ccc3c(c2)OCCO3)C1)C(=O)N[C@@H](C)C(=O)O. The van der Waals surface area contributed by atoms with E-state index in [1.165, 1.54) is 11.8 Å². The molecule has 0 aliphatic carbocycles. The summed E-state index contributed by atoms with van der Waals surface area (Å²) in [6, 6.07) is 3.23. The molecule has 1 unspecified atom stereocenters. The molecule has 1 saturated heterocycles. The molecule has 10 nitrogen and oxygen atoms in total. The van der Waals surface area contributed by atoms with E-state index in [1.807, 2.05) is 13.8 Å². The molecule has 174 valence electrons. The molecule has 2 aliphatic rings. The molecule has 3 rings (SSSR count). The summed E-state index contributed by atoms with van der Waals surface area (Å²) in [5.74, 6) is -1.72. The van der Waals surface area contributed by atoms with Gasteiger partial charge in [0.2, 0.25) is 17.7 Å². The van der Waals surface area contributed by atoms with Gasteiger partial charge in [-0.2, -0.15) is 0 Å². The van der Waals surface area contributed by atoms with Crippen molar-refractivity contribution in [1.82, 2.24) is 10.6 Å². The van der Waals surface area contributed by atoms with Gasteiger partial charge in [0.1, 0.15) is 25.3 Å². The summed E-state index contributed by atoms with van der Waals surface area (Å²) in [5, 5.41) is 14.1. The predicted octanol–water partition coefficient (Wildman–Crippen LogP) is 0.931. The van der Waals surface area contributed by atoms with Crippen LogP contribution in [-0.2, 0) is 19.2 Å². The highest BCUT2D eigenvalue weighted by Crippen LogP contribution is 2.36. The molecule has 0 aromatic heterocycles. The molecule has 0 radical (unpaired) electrons. The Morgan fingerprint density at radius 3 is 2.47 bits per heavy atom. The maximum Gasteiger partial charge on any atom is 0.325 e. The molecule has 2 aliphatic heterocycles. The van der Waals surface area contributed by atoms with Gasteiger partial charge in [0.15, 0.2) is 11.5 Å². The largest absolute Gasteiger partial charge is 0.486 e.